The molecular formula is C14H26O7. The van der Waals surface area contributed by atoms with Crippen molar-refractivity contribution in [2.24, 2.45) is 0 Å². The summed E-state index contributed by atoms with van der Waals surface area (Å²) in [5, 5.41) is 46.0. The molecule has 0 aromatic rings. The van der Waals surface area contributed by atoms with E-state index in [0.29, 0.717) is 13.3 Å². The van der Waals surface area contributed by atoms with Crippen molar-refractivity contribution in [1.29, 1.82) is 0 Å². The van der Waals surface area contributed by atoms with Crippen LogP contribution in [0, 0.1) is 0 Å². The number of carbonyl (C=O) groups is 2. The number of Topliss-reactive ketones (excluding diaryl/α,β-unsaturated/α-hetero) is 1. The van der Waals surface area contributed by atoms with Crippen LogP contribution >= 0.6 is 0 Å². The third kappa shape index (κ3) is 7.52. The minimum absolute atomic E-state index is 0.00651. The summed E-state index contributed by atoms with van der Waals surface area (Å²) < 4.78 is 6.98. The van der Waals surface area contributed by atoms with E-state index in [9.17, 15) is 24.9 Å². The molecule has 0 unspecified atom stereocenters. The van der Waals surface area contributed by atoms with Crippen molar-refractivity contribution in [2.45, 2.75) is 76.3 Å². The Morgan fingerprint density at radius 3 is 2.00 bits per heavy atom. The number of hydrogen-bond acceptors (Lipinski definition) is 6. The maximum absolute atomic E-state index is 11.6. The summed E-state index contributed by atoms with van der Waals surface area (Å²) in [6.45, 7) is 0.410. The lowest BCUT2D eigenvalue weighted by molar-refractivity contribution is -0.165. The fourth-order valence-corrected chi connectivity index (χ4v) is 1.86. The highest BCUT2D eigenvalue weighted by atomic mass is 16.4. The van der Waals surface area contributed by atoms with Crippen LogP contribution in [0.1, 0.15) is 53.2 Å². The molecular weight excluding hydrogens is 280 g/mol. The van der Waals surface area contributed by atoms with Gasteiger partial charge in [-0.15, -0.1) is 0 Å². The molecule has 0 radical (unpaired) electrons. The van der Waals surface area contributed by atoms with Gasteiger partial charge in [-0.25, -0.2) is 4.79 Å². The molecule has 0 aliphatic heterocycles. The van der Waals surface area contributed by atoms with E-state index in [2.05, 4.69) is 0 Å². The van der Waals surface area contributed by atoms with E-state index in [1.807, 2.05) is 0 Å². The van der Waals surface area contributed by atoms with Crippen LogP contribution in [-0.4, -0.2) is 61.7 Å². The third-order valence-corrected chi connectivity index (χ3v) is 3.25. The van der Waals surface area contributed by atoms with Crippen LogP contribution in [0.4, 0.5) is 0 Å². The first-order valence-corrected chi connectivity index (χ1v) is 7.10. The maximum Gasteiger partial charge on any atom is 0.335 e. The molecule has 0 fully saturated rings. The van der Waals surface area contributed by atoms with Crippen LogP contribution in [0.5, 0.6) is 0 Å². The summed E-state index contributed by atoms with van der Waals surface area (Å²) in [5.74, 6) is -2.45. The number of rotatable bonds is 12. The summed E-state index contributed by atoms with van der Waals surface area (Å²) in [4.78, 5) is 22.1. The van der Waals surface area contributed by atoms with Gasteiger partial charge in [-0.2, -0.15) is 0 Å². The van der Waals surface area contributed by atoms with Crippen molar-refractivity contribution in [3.05, 3.63) is 0 Å². The van der Waals surface area contributed by atoms with Gasteiger partial charge >= 0.3 is 5.97 Å². The van der Waals surface area contributed by atoms with Gasteiger partial charge in [-0.3, -0.25) is 4.79 Å². The number of hydrogen-bond donors (Lipinski definition) is 5. The molecule has 0 heterocycles. The number of aliphatic hydroxyl groups is 4. The largest absolute Gasteiger partial charge is 0.479 e. The monoisotopic (exact) mass is 307 g/mol. The zero-order chi connectivity index (χ0) is 17.1. The van der Waals surface area contributed by atoms with Gasteiger partial charge in [0.2, 0.25) is 0 Å². The van der Waals surface area contributed by atoms with Crippen LogP contribution in [0.2, 0.25) is 0 Å². The molecule has 0 amide bonds. The van der Waals surface area contributed by atoms with Crippen LogP contribution in [0.3, 0.4) is 0 Å². The highest BCUT2D eigenvalue weighted by molar-refractivity contribution is 5.83. The summed E-state index contributed by atoms with van der Waals surface area (Å²) in [5.41, 5.74) is 0. The van der Waals surface area contributed by atoms with Gasteiger partial charge < -0.3 is 25.5 Å². The van der Waals surface area contributed by atoms with Crippen molar-refractivity contribution in [1.82, 2.24) is 0 Å². The number of unbranched alkanes of at least 4 members (excludes halogenated alkanes) is 5. The second-order valence-electron chi connectivity index (χ2n) is 5.05. The lowest BCUT2D eigenvalue weighted by atomic mass is 9.97. The number of carboxylic acid groups (broad SMARTS) is 1. The number of aliphatic hydroxyl groups excluding tert-OH is 4. The average molecular weight is 307 g/mol. The zero-order valence-electron chi connectivity index (χ0n) is 13.0. The molecule has 0 bridgehead atoms. The summed E-state index contributed by atoms with van der Waals surface area (Å²) in [6, 6.07) is 0. The smallest absolute Gasteiger partial charge is 0.335 e. The molecule has 0 saturated carbocycles. The molecule has 0 aromatic heterocycles. The van der Waals surface area contributed by atoms with Crippen LogP contribution in [-0.2, 0) is 9.59 Å². The van der Waals surface area contributed by atoms with Crippen LogP contribution in [0.15, 0.2) is 0 Å². The molecule has 21 heavy (non-hydrogen) atoms. The standard InChI is InChI=1S/C14H26O7/c1-2-3-4-5-6-7-8-9(15)10(16)11(17)12(18)13(19)14(20)21/h10-13,16-19H,2-8H2,1H3,(H,20,21)/t10-,11+,12-,13-/m0/s1/i1D. The van der Waals surface area contributed by atoms with Crippen molar-refractivity contribution < 1.29 is 36.5 Å². The van der Waals surface area contributed by atoms with Crippen molar-refractivity contribution in [3.8, 4) is 0 Å². The van der Waals surface area contributed by atoms with E-state index in [1.54, 1.807) is 0 Å². The highest BCUT2D eigenvalue weighted by Gasteiger charge is 2.36. The molecule has 0 saturated heterocycles. The van der Waals surface area contributed by atoms with Crippen molar-refractivity contribution in [2.75, 3.05) is 0 Å². The quantitative estimate of drug-likeness (QED) is 0.316. The average Bonchev–Trinajstić information content (AvgIpc) is 2.50. The normalized spacial score (nSPS) is 17.6. The first kappa shape index (κ1) is 18.0. The predicted octanol–water partition coefficient (Wildman–Crippen LogP) is -0.166. The molecule has 0 aliphatic carbocycles. The van der Waals surface area contributed by atoms with E-state index < -0.39 is 36.2 Å². The van der Waals surface area contributed by atoms with E-state index in [1.165, 1.54) is 0 Å². The number of carboxylic acids is 1. The van der Waals surface area contributed by atoms with E-state index in [0.717, 1.165) is 32.1 Å². The summed E-state index contributed by atoms with van der Waals surface area (Å²) in [7, 11) is 0. The highest BCUT2D eigenvalue weighted by Crippen LogP contribution is 2.12. The topological polar surface area (TPSA) is 135 Å². The Hall–Kier alpha value is -1.02. The predicted molar refractivity (Wildman–Crippen MR) is 74.7 cm³/mol. The van der Waals surface area contributed by atoms with Gasteiger partial charge in [0.1, 0.15) is 18.3 Å². The Kier molecular flexibility index (Phi) is 9.16. The lowest BCUT2D eigenvalue weighted by Crippen LogP contribution is -2.50. The molecule has 5 N–H and O–H groups in total. The van der Waals surface area contributed by atoms with Crippen LogP contribution in [0.25, 0.3) is 0 Å². The Labute approximate surface area is 125 Å². The maximum atomic E-state index is 11.6. The Bertz CT molecular complexity index is 337. The van der Waals surface area contributed by atoms with Crippen molar-refractivity contribution in [3.63, 3.8) is 0 Å². The van der Waals surface area contributed by atoms with Crippen molar-refractivity contribution >= 4 is 11.8 Å². The molecule has 7 nitrogen and oxygen atoms in total. The van der Waals surface area contributed by atoms with E-state index in [4.69, 9.17) is 11.6 Å². The Balaban J connectivity index is 4.02. The molecule has 0 rings (SSSR count). The number of ketones is 1. The molecule has 124 valence electrons. The second kappa shape index (κ2) is 10.7. The van der Waals surface area contributed by atoms with E-state index >= 15 is 0 Å². The number of aliphatic carboxylic acids is 1. The lowest BCUT2D eigenvalue weighted by Gasteiger charge is -2.23. The van der Waals surface area contributed by atoms with Gasteiger partial charge in [0.05, 0.1) is 0 Å². The molecule has 7 heteroatoms. The van der Waals surface area contributed by atoms with Gasteiger partial charge in [0.25, 0.3) is 0 Å². The molecule has 0 spiro atoms. The molecule has 0 aliphatic rings. The second-order valence-corrected chi connectivity index (χ2v) is 5.05. The minimum atomic E-state index is -2.27. The first-order valence-electron chi connectivity index (χ1n) is 7.80. The molecule has 0 aromatic carbocycles. The van der Waals surface area contributed by atoms with Gasteiger partial charge in [-0.1, -0.05) is 39.0 Å². The fraction of sp³-hybridized carbons (Fsp3) is 0.857. The summed E-state index contributed by atoms with van der Waals surface area (Å²) in [6.07, 6.45) is -3.38. The zero-order valence-corrected chi connectivity index (χ0v) is 12.0. The number of carbonyl (C=O) groups excluding carboxylic acids is 1. The van der Waals surface area contributed by atoms with Gasteiger partial charge in [-0.05, 0) is 6.42 Å². The van der Waals surface area contributed by atoms with E-state index in [-0.39, 0.29) is 6.42 Å². The molecule has 4 atom stereocenters. The van der Waals surface area contributed by atoms with Gasteiger partial charge in [0, 0.05) is 7.79 Å². The van der Waals surface area contributed by atoms with Crippen LogP contribution < -0.4 is 0 Å². The van der Waals surface area contributed by atoms with Gasteiger partial charge in [0.15, 0.2) is 11.9 Å². The Morgan fingerprint density at radius 2 is 1.43 bits per heavy atom. The SMILES string of the molecule is [2H]CCCCCCCCC(=O)[C@H](O)[C@@H](O)[C@H](O)[C@H](O)C(=O)O. The third-order valence-electron chi connectivity index (χ3n) is 3.25. The first-order chi connectivity index (χ1) is 10.3. The Morgan fingerprint density at radius 1 is 0.905 bits per heavy atom. The fourth-order valence-electron chi connectivity index (χ4n) is 1.86. The minimum Gasteiger partial charge on any atom is -0.479 e. The summed E-state index contributed by atoms with van der Waals surface area (Å²) >= 11 is 0.